The molecule has 2 atom stereocenters. The molecule has 100 valence electrons. The van der Waals surface area contributed by atoms with Crippen molar-refractivity contribution in [3.63, 3.8) is 0 Å². The molecule has 0 bridgehead atoms. The number of rotatable bonds is 10. The van der Waals surface area contributed by atoms with Gasteiger partial charge in [-0.1, -0.05) is 6.92 Å². The Balaban J connectivity index is 4.29. The highest BCUT2D eigenvalue weighted by atomic mass is 16.5. The van der Waals surface area contributed by atoms with E-state index in [2.05, 4.69) is 23.2 Å². The molecule has 2 unspecified atom stereocenters. The summed E-state index contributed by atoms with van der Waals surface area (Å²) < 4.78 is 10.2. The van der Waals surface area contributed by atoms with Gasteiger partial charge in [-0.2, -0.15) is 5.26 Å². The van der Waals surface area contributed by atoms with Crippen LogP contribution < -0.4 is 5.32 Å². The van der Waals surface area contributed by atoms with Gasteiger partial charge in [-0.05, 0) is 13.5 Å². The van der Waals surface area contributed by atoms with Crippen LogP contribution in [0.2, 0.25) is 0 Å². The van der Waals surface area contributed by atoms with Gasteiger partial charge >= 0.3 is 0 Å². The zero-order valence-corrected chi connectivity index (χ0v) is 11.4. The Hall–Kier alpha value is -0.670. The van der Waals surface area contributed by atoms with E-state index < -0.39 is 0 Å². The predicted octanol–water partition coefficient (Wildman–Crippen LogP) is 0.471. The molecular formula is C12H25N3O2. The fourth-order valence-corrected chi connectivity index (χ4v) is 1.68. The lowest BCUT2D eigenvalue weighted by atomic mass is 10.2. The van der Waals surface area contributed by atoms with E-state index >= 15 is 0 Å². The van der Waals surface area contributed by atoms with Crippen LogP contribution >= 0.6 is 0 Å². The Labute approximate surface area is 105 Å². The molecule has 0 aliphatic heterocycles. The molecule has 0 aromatic carbocycles. The highest BCUT2D eigenvalue weighted by Crippen LogP contribution is 2.01. The minimum absolute atomic E-state index is 0.142. The zero-order valence-electron chi connectivity index (χ0n) is 11.4. The van der Waals surface area contributed by atoms with Crippen LogP contribution in [0.15, 0.2) is 0 Å². The van der Waals surface area contributed by atoms with Crippen LogP contribution in [0, 0.1) is 11.3 Å². The lowest BCUT2D eigenvalue weighted by molar-refractivity contribution is 0.0723. The molecule has 17 heavy (non-hydrogen) atoms. The van der Waals surface area contributed by atoms with Crippen molar-refractivity contribution in [2.75, 3.05) is 47.1 Å². The van der Waals surface area contributed by atoms with E-state index in [0.717, 1.165) is 13.1 Å². The molecule has 0 rings (SSSR count). The molecule has 1 N–H and O–H groups in total. The van der Waals surface area contributed by atoms with Crippen LogP contribution in [0.4, 0.5) is 0 Å². The summed E-state index contributed by atoms with van der Waals surface area (Å²) in [5.74, 6) is 0. The predicted molar refractivity (Wildman–Crippen MR) is 67.9 cm³/mol. The third-order valence-electron chi connectivity index (χ3n) is 2.64. The second-order valence-corrected chi connectivity index (χ2v) is 4.03. The summed E-state index contributed by atoms with van der Waals surface area (Å²) in [4.78, 5) is 2.21. The maximum atomic E-state index is 9.04. The number of methoxy groups -OCH3 is 2. The lowest BCUT2D eigenvalue weighted by Crippen LogP contribution is -2.46. The summed E-state index contributed by atoms with van der Waals surface area (Å²) in [6.07, 6.45) is 0. The van der Waals surface area contributed by atoms with Gasteiger partial charge in [0, 0.05) is 33.4 Å². The van der Waals surface area contributed by atoms with Gasteiger partial charge in [-0.25, -0.2) is 0 Å². The number of nitriles is 1. The highest BCUT2D eigenvalue weighted by Gasteiger charge is 2.17. The Kier molecular flexibility index (Phi) is 10.1. The second-order valence-electron chi connectivity index (χ2n) is 4.03. The molecule has 0 amide bonds. The van der Waals surface area contributed by atoms with Gasteiger partial charge in [-0.3, -0.25) is 4.90 Å². The molecule has 0 spiro atoms. The van der Waals surface area contributed by atoms with Crippen molar-refractivity contribution in [3.05, 3.63) is 0 Å². The lowest BCUT2D eigenvalue weighted by Gasteiger charge is -2.30. The third kappa shape index (κ3) is 7.29. The molecule has 0 aromatic heterocycles. The van der Waals surface area contributed by atoms with Crippen LogP contribution in [-0.2, 0) is 9.47 Å². The van der Waals surface area contributed by atoms with Crippen molar-refractivity contribution in [3.8, 4) is 6.07 Å². The van der Waals surface area contributed by atoms with Gasteiger partial charge in [0.05, 0.1) is 19.3 Å². The molecule has 0 aromatic rings. The number of ether oxygens (including phenoxy) is 2. The van der Waals surface area contributed by atoms with Crippen molar-refractivity contribution in [2.24, 2.45) is 0 Å². The normalized spacial score (nSPS) is 14.6. The molecule has 0 saturated carbocycles. The largest absolute Gasteiger partial charge is 0.383 e. The Morgan fingerprint density at radius 2 is 2.06 bits per heavy atom. The molecule has 0 fully saturated rings. The number of hydrogen-bond donors (Lipinski definition) is 1. The average Bonchev–Trinajstić information content (AvgIpc) is 2.33. The fraction of sp³-hybridized carbons (Fsp3) is 0.917. The van der Waals surface area contributed by atoms with Crippen LogP contribution in [0.3, 0.4) is 0 Å². The van der Waals surface area contributed by atoms with Gasteiger partial charge in [0.25, 0.3) is 0 Å². The maximum Gasteiger partial charge on any atom is 0.108 e. The van der Waals surface area contributed by atoms with E-state index in [0.29, 0.717) is 19.8 Å². The van der Waals surface area contributed by atoms with Gasteiger partial charge in [0.1, 0.15) is 6.04 Å². The average molecular weight is 243 g/mol. The maximum absolute atomic E-state index is 9.04. The van der Waals surface area contributed by atoms with E-state index in [9.17, 15) is 0 Å². The van der Waals surface area contributed by atoms with Crippen molar-refractivity contribution in [1.29, 1.82) is 5.26 Å². The zero-order chi connectivity index (χ0) is 13.1. The van der Waals surface area contributed by atoms with Crippen molar-refractivity contribution in [1.82, 2.24) is 10.2 Å². The van der Waals surface area contributed by atoms with Crippen LogP contribution in [-0.4, -0.2) is 64.1 Å². The Morgan fingerprint density at radius 3 is 2.53 bits per heavy atom. The standard InChI is InChI=1S/C12H25N3O2/c1-5-14-12(8-13)9-15(6-7-16-3)11(2)10-17-4/h11-12,14H,5-7,9-10H2,1-4H3. The molecule has 0 heterocycles. The highest BCUT2D eigenvalue weighted by molar-refractivity contribution is 4.92. The summed E-state index contributed by atoms with van der Waals surface area (Å²) in [7, 11) is 3.38. The SMILES string of the molecule is CCNC(C#N)CN(CCOC)C(C)COC. The summed E-state index contributed by atoms with van der Waals surface area (Å²) >= 11 is 0. The number of nitrogens with zero attached hydrogens (tertiary/aromatic N) is 2. The summed E-state index contributed by atoms with van der Waals surface area (Å²) in [6.45, 7) is 7.73. The Bertz CT molecular complexity index is 218. The van der Waals surface area contributed by atoms with Gasteiger partial charge < -0.3 is 14.8 Å². The first kappa shape index (κ1) is 16.3. The molecule has 5 heteroatoms. The monoisotopic (exact) mass is 243 g/mol. The number of hydrogen-bond acceptors (Lipinski definition) is 5. The molecule has 0 radical (unpaired) electrons. The fourth-order valence-electron chi connectivity index (χ4n) is 1.68. The first-order chi connectivity index (χ1) is 8.19. The minimum Gasteiger partial charge on any atom is -0.383 e. The Morgan fingerprint density at radius 1 is 1.35 bits per heavy atom. The quantitative estimate of drug-likeness (QED) is 0.604. The van der Waals surface area contributed by atoms with Crippen LogP contribution in [0.25, 0.3) is 0 Å². The smallest absolute Gasteiger partial charge is 0.108 e. The summed E-state index contributed by atoms with van der Waals surface area (Å²) in [5, 5.41) is 12.2. The van der Waals surface area contributed by atoms with Gasteiger partial charge in [0.2, 0.25) is 0 Å². The molecule has 0 aliphatic carbocycles. The van der Waals surface area contributed by atoms with E-state index in [1.807, 2.05) is 6.92 Å². The van der Waals surface area contributed by atoms with Crippen molar-refractivity contribution in [2.45, 2.75) is 25.9 Å². The first-order valence-electron chi connectivity index (χ1n) is 6.04. The van der Waals surface area contributed by atoms with Gasteiger partial charge in [0.15, 0.2) is 0 Å². The van der Waals surface area contributed by atoms with E-state index in [-0.39, 0.29) is 12.1 Å². The first-order valence-corrected chi connectivity index (χ1v) is 6.04. The summed E-state index contributed by atoms with van der Waals surface area (Å²) in [5.41, 5.74) is 0. The van der Waals surface area contributed by atoms with Gasteiger partial charge in [-0.15, -0.1) is 0 Å². The van der Waals surface area contributed by atoms with Crippen LogP contribution in [0.1, 0.15) is 13.8 Å². The third-order valence-corrected chi connectivity index (χ3v) is 2.64. The molecule has 5 nitrogen and oxygen atoms in total. The van der Waals surface area contributed by atoms with Crippen molar-refractivity contribution < 1.29 is 9.47 Å². The number of nitrogens with one attached hydrogen (secondary N) is 1. The van der Waals surface area contributed by atoms with Crippen LogP contribution in [0.5, 0.6) is 0 Å². The van der Waals surface area contributed by atoms with Crippen molar-refractivity contribution >= 4 is 0 Å². The van der Waals surface area contributed by atoms with E-state index in [1.165, 1.54) is 0 Å². The molecule has 0 saturated heterocycles. The number of likely N-dealkylation sites (N-methyl/N-ethyl adjacent to an activating group) is 1. The molecule has 0 aliphatic rings. The second kappa shape index (κ2) is 10.5. The summed E-state index contributed by atoms with van der Waals surface area (Å²) in [6, 6.07) is 2.41. The minimum atomic E-state index is -0.142. The molecular weight excluding hydrogens is 218 g/mol. The van der Waals surface area contributed by atoms with E-state index in [4.69, 9.17) is 14.7 Å². The topological polar surface area (TPSA) is 57.5 Å². The van der Waals surface area contributed by atoms with E-state index in [1.54, 1.807) is 14.2 Å².